The van der Waals surface area contributed by atoms with E-state index < -0.39 is 0 Å². The highest BCUT2D eigenvalue weighted by Gasteiger charge is 2.20. The van der Waals surface area contributed by atoms with Gasteiger partial charge >= 0.3 is 0 Å². The molecule has 0 bridgehead atoms. The van der Waals surface area contributed by atoms with Crippen molar-refractivity contribution in [2.24, 2.45) is 0 Å². The van der Waals surface area contributed by atoms with Crippen molar-refractivity contribution in [3.8, 4) is 11.1 Å². The third-order valence-electron chi connectivity index (χ3n) is 4.42. The van der Waals surface area contributed by atoms with Gasteiger partial charge in [0, 0.05) is 23.2 Å². The number of benzene rings is 2. The third-order valence-corrected chi connectivity index (χ3v) is 4.42. The first kappa shape index (κ1) is 12.4. The van der Waals surface area contributed by atoms with Crippen molar-refractivity contribution in [3.63, 3.8) is 0 Å². The Labute approximate surface area is 123 Å². The molecule has 4 rings (SSSR count). The first-order valence-electron chi connectivity index (χ1n) is 7.47. The second kappa shape index (κ2) is 4.59. The molecule has 3 aromatic rings. The van der Waals surface area contributed by atoms with E-state index in [0.29, 0.717) is 0 Å². The second-order valence-electron chi connectivity index (χ2n) is 5.79. The molecule has 2 nitrogen and oxygen atoms in total. The second-order valence-corrected chi connectivity index (χ2v) is 5.79. The van der Waals surface area contributed by atoms with Gasteiger partial charge in [-0.15, -0.1) is 0 Å². The van der Waals surface area contributed by atoms with Gasteiger partial charge in [-0.2, -0.15) is 0 Å². The smallest absolute Gasteiger partial charge is 0.258 e. The van der Waals surface area contributed by atoms with Gasteiger partial charge in [-0.3, -0.25) is 4.79 Å². The maximum absolute atomic E-state index is 12.6. The van der Waals surface area contributed by atoms with Crippen molar-refractivity contribution in [1.82, 2.24) is 4.57 Å². The Morgan fingerprint density at radius 2 is 1.67 bits per heavy atom. The molecule has 0 amide bonds. The van der Waals surface area contributed by atoms with Crippen LogP contribution in [-0.2, 0) is 13.0 Å². The molecule has 2 aromatic carbocycles. The van der Waals surface area contributed by atoms with Crippen LogP contribution in [0, 0.1) is 6.92 Å². The van der Waals surface area contributed by atoms with Gasteiger partial charge in [-0.25, -0.2) is 0 Å². The monoisotopic (exact) mass is 275 g/mol. The number of hydrogen-bond acceptors (Lipinski definition) is 1. The summed E-state index contributed by atoms with van der Waals surface area (Å²) in [6, 6.07) is 16.6. The van der Waals surface area contributed by atoms with E-state index in [9.17, 15) is 4.79 Å². The van der Waals surface area contributed by atoms with Crippen LogP contribution in [0.3, 0.4) is 0 Å². The van der Waals surface area contributed by atoms with Gasteiger partial charge in [0.25, 0.3) is 5.56 Å². The molecule has 0 spiro atoms. The lowest BCUT2D eigenvalue weighted by Gasteiger charge is -2.14. The van der Waals surface area contributed by atoms with Gasteiger partial charge in [0.15, 0.2) is 0 Å². The Bertz CT molecular complexity index is 888. The molecule has 21 heavy (non-hydrogen) atoms. The van der Waals surface area contributed by atoms with Crippen molar-refractivity contribution in [2.45, 2.75) is 26.3 Å². The van der Waals surface area contributed by atoms with Crippen molar-refractivity contribution in [3.05, 3.63) is 70.1 Å². The number of aryl methyl sites for hydroxylation is 1. The highest BCUT2D eigenvalue weighted by Crippen LogP contribution is 2.33. The Hall–Kier alpha value is -2.35. The summed E-state index contributed by atoms with van der Waals surface area (Å²) in [5, 5.41) is 1.92. The van der Waals surface area contributed by atoms with E-state index >= 15 is 0 Å². The zero-order valence-electron chi connectivity index (χ0n) is 12.1. The Morgan fingerprint density at radius 3 is 2.43 bits per heavy atom. The van der Waals surface area contributed by atoms with Crippen LogP contribution in [0.1, 0.15) is 17.7 Å². The average Bonchev–Trinajstić information content (AvgIpc) is 2.99. The highest BCUT2D eigenvalue weighted by atomic mass is 16.1. The lowest BCUT2D eigenvalue weighted by Crippen LogP contribution is -2.20. The molecule has 0 atom stereocenters. The Morgan fingerprint density at radius 1 is 0.952 bits per heavy atom. The lowest BCUT2D eigenvalue weighted by molar-refractivity contribution is 0.727. The summed E-state index contributed by atoms with van der Waals surface area (Å²) >= 11 is 0. The first-order valence-corrected chi connectivity index (χ1v) is 7.47. The van der Waals surface area contributed by atoms with Crippen LogP contribution in [0.2, 0.25) is 0 Å². The molecule has 1 aliphatic heterocycles. The van der Waals surface area contributed by atoms with E-state index in [-0.39, 0.29) is 5.56 Å². The van der Waals surface area contributed by atoms with E-state index in [2.05, 4.69) is 37.3 Å². The average molecular weight is 275 g/mol. The van der Waals surface area contributed by atoms with Crippen LogP contribution in [0.25, 0.3) is 21.9 Å². The zero-order valence-corrected chi connectivity index (χ0v) is 12.1. The van der Waals surface area contributed by atoms with Crippen LogP contribution in [-0.4, -0.2) is 4.57 Å². The fourth-order valence-electron chi connectivity index (χ4n) is 3.39. The van der Waals surface area contributed by atoms with Crippen molar-refractivity contribution >= 4 is 10.8 Å². The molecule has 0 radical (unpaired) electrons. The number of hydrogen-bond donors (Lipinski definition) is 0. The van der Waals surface area contributed by atoms with Gasteiger partial charge in [-0.1, -0.05) is 48.0 Å². The van der Waals surface area contributed by atoms with Crippen LogP contribution in [0.5, 0.6) is 0 Å². The summed E-state index contributed by atoms with van der Waals surface area (Å²) < 4.78 is 1.97. The molecule has 0 N–H and O–H groups in total. The number of rotatable bonds is 1. The quantitative estimate of drug-likeness (QED) is 0.659. The fraction of sp³-hybridized carbons (Fsp3) is 0.211. The standard InChI is InChI=1S/C19H17NO/c1-13-8-10-14(11-9-13)18-15-5-2-3-6-16(15)19(21)20-12-4-7-17(18)20/h2-3,5-6,8-11H,4,7,12H2,1H3. The molecular weight excluding hydrogens is 258 g/mol. The molecule has 0 saturated carbocycles. The largest absolute Gasteiger partial charge is 0.311 e. The van der Waals surface area contributed by atoms with Crippen molar-refractivity contribution in [2.75, 3.05) is 0 Å². The minimum Gasteiger partial charge on any atom is -0.311 e. The minimum absolute atomic E-state index is 0.161. The molecule has 0 aliphatic carbocycles. The molecule has 0 saturated heterocycles. The summed E-state index contributed by atoms with van der Waals surface area (Å²) in [6.07, 6.45) is 2.05. The van der Waals surface area contributed by atoms with Crippen LogP contribution >= 0.6 is 0 Å². The molecule has 0 unspecified atom stereocenters. The van der Waals surface area contributed by atoms with Gasteiger partial charge < -0.3 is 4.57 Å². The van der Waals surface area contributed by atoms with E-state index in [4.69, 9.17) is 0 Å². The van der Waals surface area contributed by atoms with Gasteiger partial charge in [0.2, 0.25) is 0 Å². The summed E-state index contributed by atoms with van der Waals surface area (Å²) in [5.74, 6) is 0. The maximum Gasteiger partial charge on any atom is 0.258 e. The lowest BCUT2D eigenvalue weighted by atomic mass is 9.96. The summed E-state index contributed by atoms with van der Waals surface area (Å²) in [4.78, 5) is 12.6. The summed E-state index contributed by atoms with van der Waals surface area (Å²) in [7, 11) is 0. The minimum atomic E-state index is 0.161. The number of fused-ring (bicyclic) bond motifs is 2. The maximum atomic E-state index is 12.6. The Balaban J connectivity index is 2.15. The molecule has 1 aromatic heterocycles. The molecule has 2 heteroatoms. The molecule has 0 fully saturated rings. The van der Waals surface area contributed by atoms with Crippen molar-refractivity contribution < 1.29 is 0 Å². The SMILES string of the molecule is Cc1ccc(-c2c3n(c(=O)c4ccccc24)CCC3)cc1. The van der Waals surface area contributed by atoms with Crippen LogP contribution in [0.15, 0.2) is 53.3 Å². The van der Waals surface area contributed by atoms with Gasteiger partial charge in [-0.05, 0) is 36.8 Å². The third kappa shape index (κ3) is 1.83. The zero-order chi connectivity index (χ0) is 14.4. The molecule has 104 valence electrons. The number of nitrogens with zero attached hydrogens (tertiary/aromatic N) is 1. The van der Waals surface area contributed by atoms with Crippen molar-refractivity contribution in [1.29, 1.82) is 0 Å². The molecule has 1 aliphatic rings. The molecular formula is C19H17NO. The van der Waals surface area contributed by atoms with Gasteiger partial charge in [0.05, 0.1) is 0 Å². The Kier molecular flexibility index (Phi) is 2.71. The fourth-order valence-corrected chi connectivity index (χ4v) is 3.39. The van der Waals surface area contributed by atoms with Crippen LogP contribution in [0.4, 0.5) is 0 Å². The number of aromatic nitrogens is 1. The van der Waals surface area contributed by atoms with Gasteiger partial charge in [0.1, 0.15) is 0 Å². The van der Waals surface area contributed by atoms with E-state index in [1.165, 1.54) is 22.4 Å². The normalized spacial score (nSPS) is 13.6. The van der Waals surface area contributed by atoms with E-state index in [1.54, 1.807) is 0 Å². The topological polar surface area (TPSA) is 22.0 Å². The predicted molar refractivity (Wildman–Crippen MR) is 86.7 cm³/mol. The number of pyridine rings is 1. The predicted octanol–water partition coefficient (Wildman–Crippen LogP) is 3.92. The first-order chi connectivity index (χ1) is 10.3. The highest BCUT2D eigenvalue weighted by molar-refractivity contribution is 5.97. The summed E-state index contributed by atoms with van der Waals surface area (Å²) in [5.41, 5.74) is 5.06. The van der Waals surface area contributed by atoms with E-state index in [0.717, 1.165) is 30.2 Å². The summed E-state index contributed by atoms with van der Waals surface area (Å²) in [6.45, 7) is 2.94. The molecule has 2 heterocycles. The van der Waals surface area contributed by atoms with E-state index in [1.807, 2.05) is 22.8 Å². The van der Waals surface area contributed by atoms with Crippen LogP contribution < -0.4 is 5.56 Å².